The van der Waals surface area contributed by atoms with Crippen LogP contribution in [0.5, 0.6) is 0 Å². The predicted octanol–water partition coefficient (Wildman–Crippen LogP) is 1.15. The second-order valence-electron chi connectivity index (χ2n) is 3.52. The van der Waals surface area contributed by atoms with Crippen molar-refractivity contribution < 1.29 is 10.3 Å². The number of hydrogen-bond acceptors (Lipinski definition) is 3. The summed E-state index contributed by atoms with van der Waals surface area (Å²) in [5, 5.41) is 18.5. The molecule has 0 radical (unpaired) electrons. The number of aliphatic hydroxyl groups is 1. The van der Waals surface area contributed by atoms with Crippen molar-refractivity contribution in [3.05, 3.63) is 35.4 Å². The van der Waals surface area contributed by atoms with E-state index in [0.29, 0.717) is 6.54 Å². The van der Waals surface area contributed by atoms with Crippen LogP contribution in [0.1, 0.15) is 24.0 Å². The Bertz CT molecular complexity index is 308. The molecule has 2 rings (SSSR count). The lowest BCUT2D eigenvalue weighted by molar-refractivity contribution is 0.142. The Morgan fingerprint density at radius 1 is 1.31 bits per heavy atom. The van der Waals surface area contributed by atoms with Gasteiger partial charge in [-0.05, 0) is 24.0 Å². The molecule has 0 aromatic heterocycles. The summed E-state index contributed by atoms with van der Waals surface area (Å²) < 4.78 is 0. The molecule has 0 saturated heterocycles. The van der Waals surface area contributed by atoms with Crippen molar-refractivity contribution in [2.45, 2.75) is 25.0 Å². The summed E-state index contributed by atoms with van der Waals surface area (Å²) in [4.78, 5) is 0. The summed E-state index contributed by atoms with van der Waals surface area (Å²) >= 11 is 0. The van der Waals surface area contributed by atoms with Gasteiger partial charge in [-0.1, -0.05) is 24.3 Å². The quantitative estimate of drug-likeness (QED) is 0.610. The number of benzene rings is 1. The standard InChI is InChI=1S/C10H13NO2/c12-10(5-6-10)9-4-2-1-3-8(9)7-11-13/h1-4,11-13H,5-7H2. The molecule has 13 heavy (non-hydrogen) atoms. The third-order valence-corrected chi connectivity index (χ3v) is 2.51. The van der Waals surface area contributed by atoms with Crippen LogP contribution >= 0.6 is 0 Å². The van der Waals surface area contributed by atoms with Gasteiger partial charge in [0, 0.05) is 6.54 Å². The molecular weight excluding hydrogens is 166 g/mol. The second-order valence-corrected chi connectivity index (χ2v) is 3.52. The van der Waals surface area contributed by atoms with Gasteiger partial charge in [0.1, 0.15) is 0 Å². The predicted molar refractivity (Wildman–Crippen MR) is 48.2 cm³/mol. The van der Waals surface area contributed by atoms with Crippen LogP contribution < -0.4 is 5.48 Å². The first-order valence-electron chi connectivity index (χ1n) is 4.44. The molecular formula is C10H13NO2. The minimum atomic E-state index is -0.618. The van der Waals surface area contributed by atoms with Crippen LogP contribution in [0.3, 0.4) is 0 Å². The van der Waals surface area contributed by atoms with Crippen LogP contribution in [0, 0.1) is 0 Å². The molecule has 0 unspecified atom stereocenters. The molecule has 0 atom stereocenters. The highest BCUT2D eigenvalue weighted by Gasteiger charge is 2.43. The maximum Gasteiger partial charge on any atom is 0.0902 e. The van der Waals surface area contributed by atoms with Crippen molar-refractivity contribution >= 4 is 0 Å². The van der Waals surface area contributed by atoms with Gasteiger partial charge >= 0.3 is 0 Å². The summed E-state index contributed by atoms with van der Waals surface area (Å²) in [6.45, 7) is 0.387. The summed E-state index contributed by atoms with van der Waals surface area (Å²) in [6, 6.07) is 7.64. The molecule has 1 aliphatic carbocycles. The monoisotopic (exact) mass is 179 g/mol. The van der Waals surface area contributed by atoms with Crippen LogP contribution in [0.15, 0.2) is 24.3 Å². The zero-order valence-corrected chi connectivity index (χ0v) is 7.33. The highest BCUT2D eigenvalue weighted by Crippen LogP contribution is 2.46. The van der Waals surface area contributed by atoms with Crippen LogP contribution in [0.2, 0.25) is 0 Å². The average Bonchev–Trinajstić information content (AvgIpc) is 2.86. The Balaban J connectivity index is 2.32. The van der Waals surface area contributed by atoms with Gasteiger partial charge in [0.2, 0.25) is 0 Å². The van der Waals surface area contributed by atoms with Crippen LogP contribution in [0.25, 0.3) is 0 Å². The third-order valence-electron chi connectivity index (χ3n) is 2.51. The van der Waals surface area contributed by atoms with E-state index in [1.165, 1.54) is 0 Å². The molecule has 3 N–H and O–H groups in total. The normalized spacial score (nSPS) is 18.6. The molecule has 0 amide bonds. The Kier molecular flexibility index (Phi) is 2.07. The Morgan fingerprint density at radius 3 is 2.62 bits per heavy atom. The van der Waals surface area contributed by atoms with Crippen LogP contribution in [0.4, 0.5) is 0 Å². The third kappa shape index (κ3) is 1.58. The first-order valence-corrected chi connectivity index (χ1v) is 4.44. The van der Waals surface area contributed by atoms with Crippen molar-refractivity contribution in [2.24, 2.45) is 0 Å². The molecule has 70 valence electrons. The summed E-state index contributed by atoms with van der Waals surface area (Å²) in [5.74, 6) is 0. The van der Waals surface area contributed by atoms with E-state index in [2.05, 4.69) is 5.48 Å². The SMILES string of the molecule is ONCc1ccccc1C1(O)CC1. The largest absolute Gasteiger partial charge is 0.385 e. The van der Waals surface area contributed by atoms with E-state index < -0.39 is 5.60 Å². The summed E-state index contributed by atoms with van der Waals surface area (Å²) in [5.41, 5.74) is 3.40. The smallest absolute Gasteiger partial charge is 0.0902 e. The van der Waals surface area contributed by atoms with E-state index >= 15 is 0 Å². The number of hydrogen-bond donors (Lipinski definition) is 3. The van der Waals surface area contributed by atoms with E-state index in [0.717, 1.165) is 24.0 Å². The summed E-state index contributed by atoms with van der Waals surface area (Å²) in [6.07, 6.45) is 1.66. The fraction of sp³-hybridized carbons (Fsp3) is 0.400. The van der Waals surface area contributed by atoms with E-state index in [1.807, 2.05) is 24.3 Å². The van der Waals surface area contributed by atoms with Crippen LogP contribution in [-0.4, -0.2) is 10.3 Å². The Hall–Kier alpha value is -0.900. The van der Waals surface area contributed by atoms with Crippen LogP contribution in [-0.2, 0) is 12.1 Å². The topological polar surface area (TPSA) is 52.5 Å². The molecule has 1 aromatic rings. The first-order chi connectivity index (χ1) is 6.26. The maximum atomic E-state index is 9.90. The van der Waals surface area contributed by atoms with Gasteiger partial charge in [0.25, 0.3) is 0 Å². The minimum absolute atomic E-state index is 0.387. The van der Waals surface area contributed by atoms with E-state index in [1.54, 1.807) is 0 Å². The lowest BCUT2D eigenvalue weighted by Crippen LogP contribution is -2.13. The molecule has 0 heterocycles. The van der Waals surface area contributed by atoms with E-state index in [-0.39, 0.29) is 0 Å². The highest BCUT2D eigenvalue weighted by atomic mass is 16.5. The van der Waals surface area contributed by atoms with Gasteiger partial charge in [-0.2, -0.15) is 0 Å². The fourth-order valence-electron chi connectivity index (χ4n) is 1.60. The van der Waals surface area contributed by atoms with Crippen molar-refractivity contribution in [1.29, 1.82) is 0 Å². The van der Waals surface area contributed by atoms with Crippen molar-refractivity contribution in [2.75, 3.05) is 0 Å². The zero-order valence-electron chi connectivity index (χ0n) is 7.33. The lowest BCUT2D eigenvalue weighted by Gasteiger charge is -2.13. The van der Waals surface area contributed by atoms with Gasteiger partial charge in [-0.3, -0.25) is 0 Å². The zero-order chi connectivity index (χ0) is 9.31. The molecule has 1 fully saturated rings. The number of rotatable bonds is 3. The second kappa shape index (κ2) is 3.10. The Labute approximate surface area is 77.0 Å². The molecule has 0 aliphatic heterocycles. The number of nitrogens with one attached hydrogen (secondary N) is 1. The minimum Gasteiger partial charge on any atom is -0.385 e. The van der Waals surface area contributed by atoms with Crippen molar-refractivity contribution in [1.82, 2.24) is 5.48 Å². The molecule has 1 saturated carbocycles. The molecule has 3 heteroatoms. The lowest BCUT2D eigenvalue weighted by atomic mass is 10.0. The van der Waals surface area contributed by atoms with Gasteiger partial charge in [-0.15, -0.1) is 0 Å². The van der Waals surface area contributed by atoms with E-state index in [4.69, 9.17) is 5.21 Å². The molecule has 0 bridgehead atoms. The van der Waals surface area contributed by atoms with Gasteiger partial charge in [0.05, 0.1) is 5.60 Å². The van der Waals surface area contributed by atoms with Gasteiger partial charge < -0.3 is 10.3 Å². The maximum absolute atomic E-state index is 9.90. The van der Waals surface area contributed by atoms with Crippen molar-refractivity contribution in [3.63, 3.8) is 0 Å². The summed E-state index contributed by atoms with van der Waals surface area (Å²) in [7, 11) is 0. The molecule has 3 nitrogen and oxygen atoms in total. The first kappa shape index (κ1) is 8.69. The fourth-order valence-corrected chi connectivity index (χ4v) is 1.60. The Morgan fingerprint density at radius 2 is 2.00 bits per heavy atom. The van der Waals surface area contributed by atoms with Gasteiger partial charge in [-0.25, -0.2) is 5.48 Å². The van der Waals surface area contributed by atoms with Crippen molar-refractivity contribution in [3.8, 4) is 0 Å². The molecule has 0 spiro atoms. The number of hydroxylamine groups is 1. The molecule has 1 aliphatic rings. The highest BCUT2D eigenvalue weighted by molar-refractivity contribution is 5.35. The van der Waals surface area contributed by atoms with Gasteiger partial charge in [0.15, 0.2) is 0 Å². The van der Waals surface area contributed by atoms with E-state index in [9.17, 15) is 5.11 Å². The average molecular weight is 179 g/mol. The molecule has 1 aromatic carbocycles.